The van der Waals surface area contributed by atoms with Crippen LogP contribution in [-0.2, 0) is 4.79 Å². The number of anilines is 1. The monoisotopic (exact) mass is 279 g/mol. The summed E-state index contributed by atoms with van der Waals surface area (Å²) in [6.45, 7) is 5.65. The number of aromatic nitrogens is 1. The van der Waals surface area contributed by atoms with Crippen LogP contribution in [0, 0.1) is 13.8 Å². The Morgan fingerprint density at radius 2 is 2.00 bits per heavy atom. The Kier molecular flexibility index (Phi) is 9.02. The van der Waals surface area contributed by atoms with Gasteiger partial charge in [0.1, 0.15) is 0 Å². The van der Waals surface area contributed by atoms with Crippen LogP contribution < -0.4 is 11.1 Å². The first-order chi connectivity index (χ1) is 7.04. The van der Waals surface area contributed by atoms with Crippen LogP contribution in [0.15, 0.2) is 12.1 Å². The van der Waals surface area contributed by atoms with Gasteiger partial charge in [0.05, 0.1) is 17.4 Å². The van der Waals surface area contributed by atoms with Crippen molar-refractivity contribution >= 4 is 36.4 Å². The van der Waals surface area contributed by atoms with E-state index >= 15 is 0 Å². The van der Waals surface area contributed by atoms with Gasteiger partial charge in [-0.25, -0.2) is 0 Å². The van der Waals surface area contributed by atoms with Crippen LogP contribution in [0.25, 0.3) is 0 Å². The van der Waals surface area contributed by atoms with Crippen molar-refractivity contribution in [3.63, 3.8) is 0 Å². The number of aryl methyl sites for hydroxylation is 2. The molecular weight excluding hydrogens is 261 g/mol. The number of halogens is 2. The van der Waals surface area contributed by atoms with E-state index in [2.05, 4.69) is 10.3 Å². The van der Waals surface area contributed by atoms with Gasteiger partial charge in [-0.15, -0.1) is 24.8 Å². The summed E-state index contributed by atoms with van der Waals surface area (Å²) in [5.41, 5.74) is 8.09. The maximum atomic E-state index is 11.5. The Morgan fingerprint density at radius 1 is 1.41 bits per heavy atom. The van der Waals surface area contributed by atoms with Gasteiger partial charge < -0.3 is 11.1 Å². The highest BCUT2D eigenvalue weighted by atomic mass is 35.5. The van der Waals surface area contributed by atoms with Gasteiger partial charge in [0.25, 0.3) is 0 Å². The van der Waals surface area contributed by atoms with Crippen LogP contribution in [0.1, 0.15) is 24.7 Å². The summed E-state index contributed by atoms with van der Waals surface area (Å²) in [4.78, 5) is 15.8. The van der Waals surface area contributed by atoms with E-state index in [1.54, 1.807) is 0 Å². The molecule has 0 aromatic carbocycles. The number of carbonyl (C=O) groups is 1. The molecular formula is C11H19Cl2N3O. The minimum Gasteiger partial charge on any atom is -0.323 e. The lowest BCUT2D eigenvalue weighted by Gasteiger charge is -2.11. The zero-order valence-electron chi connectivity index (χ0n) is 10.2. The smallest absolute Gasteiger partial charge is 0.241 e. The molecule has 0 aliphatic rings. The number of nitrogens with one attached hydrogen (secondary N) is 1. The molecule has 0 unspecified atom stereocenters. The van der Waals surface area contributed by atoms with Gasteiger partial charge >= 0.3 is 0 Å². The van der Waals surface area contributed by atoms with Crippen LogP contribution in [-0.4, -0.2) is 16.9 Å². The van der Waals surface area contributed by atoms with E-state index < -0.39 is 6.04 Å². The summed E-state index contributed by atoms with van der Waals surface area (Å²) < 4.78 is 0. The van der Waals surface area contributed by atoms with Crippen molar-refractivity contribution in [3.8, 4) is 0 Å². The van der Waals surface area contributed by atoms with E-state index in [4.69, 9.17) is 5.73 Å². The van der Waals surface area contributed by atoms with Crippen molar-refractivity contribution < 1.29 is 4.79 Å². The summed E-state index contributed by atoms with van der Waals surface area (Å²) in [5.74, 6) is -0.161. The van der Waals surface area contributed by atoms with Gasteiger partial charge in [-0.3, -0.25) is 9.78 Å². The minimum atomic E-state index is -0.453. The van der Waals surface area contributed by atoms with E-state index in [9.17, 15) is 4.79 Å². The van der Waals surface area contributed by atoms with Gasteiger partial charge in [0.2, 0.25) is 5.91 Å². The molecule has 0 aliphatic heterocycles. The van der Waals surface area contributed by atoms with Gasteiger partial charge in [-0.2, -0.15) is 0 Å². The SMILES string of the molecule is CC[C@H](N)C(=O)Nc1ccc(C)nc1C.Cl.Cl. The zero-order chi connectivity index (χ0) is 11.4. The van der Waals surface area contributed by atoms with Crippen LogP contribution in [0.5, 0.6) is 0 Å². The Bertz CT molecular complexity index is 372. The minimum absolute atomic E-state index is 0. The third kappa shape index (κ3) is 5.35. The Labute approximate surface area is 114 Å². The predicted octanol–water partition coefficient (Wildman–Crippen LogP) is 2.22. The van der Waals surface area contributed by atoms with Gasteiger partial charge in [-0.05, 0) is 32.4 Å². The molecule has 3 N–H and O–H groups in total. The molecule has 1 atom stereocenters. The fourth-order valence-corrected chi connectivity index (χ4v) is 1.23. The van der Waals surface area contributed by atoms with Crippen molar-refractivity contribution in [1.29, 1.82) is 0 Å². The third-order valence-electron chi connectivity index (χ3n) is 2.26. The molecule has 0 saturated heterocycles. The molecule has 0 aliphatic carbocycles. The number of nitrogens with zero attached hydrogens (tertiary/aromatic N) is 1. The van der Waals surface area contributed by atoms with Crippen LogP contribution in [0.4, 0.5) is 5.69 Å². The highest BCUT2D eigenvalue weighted by Crippen LogP contribution is 2.12. The van der Waals surface area contributed by atoms with E-state index in [0.717, 1.165) is 17.1 Å². The summed E-state index contributed by atoms with van der Waals surface area (Å²) in [6.07, 6.45) is 0.629. The maximum Gasteiger partial charge on any atom is 0.241 e. The molecule has 0 saturated carbocycles. The topological polar surface area (TPSA) is 68.0 Å². The first-order valence-electron chi connectivity index (χ1n) is 5.05. The number of rotatable bonds is 3. The molecule has 6 heteroatoms. The third-order valence-corrected chi connectivity index (χ3v) is 2.26. The summed E-state index contributed by atoms with van der Waals surface area (Å²) >= 11 is 0. The highest BCUT2D eigenvalue weighted by Gasteiger charge is 2.12. The van der Waals surface area contributed by atoms with Crippen LogP contribution in [0.3, 0.4) is 0 Å². The molecule has 0 spiro atoms. The quantitative estimate of drug-likeness (QED) is 0.892. The standard InChI is InChI=1S/C11H17N3O.2ClH/c1-4-9(12)11(15)14-10-6-5-7(2)13-8(10)3;;/h5-6,9H,4,12H2,1-3H3,(H,14,15);2*1H/t9-;;/m0../s1. The van der Waals surface area contributed by atoms with Crippen molar-refractivity contribution in [3.05, 3.63) is 23.5 Å². The lowest BCUT2D eigenvalue weighted by molar-refractivity contribution is -0.117. The van der Waals surface area contributed by atoms with Crippen LogP contribution >= 0.6 is 24.8 Å². The number of carbonyl (C=O) groups excluding carboxylic acids is 1. The van der Waals surface area contributed by atoms with E-state index in [0.29, 0.717) is 6.42 Å². The predicted molar refractivity (Wildman–Crippen MR) is 75.1 cm³/mol. The molecule has 1 heterocycles. The molecule has 0 fully saturated rings. The van der Waals surface area contributed by atoms with Gasteiger partial charge in [0, 0.05) is 5.69 Å². The van der Waals surface area contributed by atoms with Gasteiger partial charge in [-0.1, -0.05) is 6.92 Å². The Balaban J connectivity index is 0. The second-order valence-electron chi connectivity index (χ2n) is 3.59. The molecule has 0 bridgehead atoms. The number of pyridine rings is 1. The normalized spacial score (nSPS) is 10.8. The average Bonchev–Trinajstić information content (AvgIpc) is 2.20. The number of hydrogen-bond acceptors (Lipinski definition) is 3. The van der Waals surface area contributed by atoms with Crippen molar-refractivity contribution in [1.82, 2.24) is 4.98 Å². The number of amides is 1. The van der Waals surface area contributed by atoms with Crippen molar-refractivity contribution in [2.75, 3.05) is 5.32 Å². The van der Waals surface area contributed by atoms with Crippen LogP contribution in [0.2, 0.25) is 0 Å². The summed E-state index contributed by atoms with van der Waals surface area (Å²) in [7, 11) is 0. The Morgan fingerprint density at radius 3 is 2.47 bits per heavy atom. The summed E-state index contributed by atoms with van der Waals surface area (Å²) in [5, 5.41) is 2.76. The zero-order valence-corrected chi connectivity index (χ0v) is 11.8. The maximum absolute atomic E-state index is 11.5. The highest BCUT2D eigenvalue weighted by molar-refractivity contribution is 5.95. The van der Waals surface area contributed by atoms with Gasteiger partial charge in [0.15, 0.2) is 0 Å². The Hall–Kier alpha value is -0.840. The largest absolute Gasteiger partial charge is 0.323 e. The molecule has 1 rings (SSSR count). The van der Waals surface area contributed by atoms with E-state index in [1.165, 1.54) is 0 Å². The first-order valence-corrected chi connectivity index (χ1v) is 5.05. The fourth-order valence-electron chi connectivity index (χ4n) is 1.23. The lowest BCUT2D eigenvalue weighted by Crippen LogP contribution is -2.35. The van der Waals surface area contributed by atoms with E-state index in [-0.39, 0.29) is 30.7 Å². The molecule has 4 nitrogen and oxygen atoms in total. The molecule has 17 heavy (non-hydrogen) atoms. The summed E-state index contributed by atoms with van der Waals surface area (Å²) in [6, 6.07) is 3.25. The van der Waals surface area contributed by atoms with Crippen molar-refractivity contribution in [2.45, 2.75) is 33.2 Å². The molecule has 1 amide bonds. The fraction of sp³-hybridized carbons (Fsp3) is 0.455. The molecule has 1 aromatic heterocycles. The van der Waals surface area contributed by atoms with E-state index in [1.807, 2.05) is 32.9 Å². The molecule has 98 valence electrons. The number of hydrogen-bond donors (Lipinski definition) is 2. The average molecular weight is 280 g/mol. The number of nitrogens with two attached hydrogens (primary N) is 1. The molecule has 1 aromatic rings. The van der Waals surface area contributed by atoms with Crippen molar-refractivity contribution in [2.24, 2.45) is 5.73 Å². The second-order valence-corrected chi connectivity index (χ2v) is 3.59. The molecule has 0 radical (unpaired) electrons. The second kappa shape index (κ2) is 8.28. The lowest BCUT2D eigenvalue weighted by atomic mass is 10.2. The first kappa shape index (κ1) is 18.5.